The van der Waals surface area contributed by atoms with E-state index in [4.69, 9.17) is 11.5 Å². The van der Waals surface area contributed by atoms with E-state index in [2.05, 4.69) is 9.88 Å². The van der Waals surface area contributed by atoms with E-state index in [0.29, 0.717) is 12.4 Å². The van der Waals surface area contributed by atoms with Crippen molar-refractivity contribution in [2.24, 2.45) is 5.41 Å². The number of carbonyl (C=O) groups excluding carboxylic acids is 1. The number of benzene rings is 1. The van der Waals surface area contributed by atoms with Gasteiger partial charge in [0, 0.05) is 31.9 Å². The van der Waals surface area contributed by atoms with Crippen molar-refractivity contribution in [2.45, 2.75) is 32.2 Å². The Labute approximate surface area is 160 Å². The fraction of sp³-hybridized carbons (Fsp3) is 0.429. The van der Waals surface area contributed by atoms with E-state index >= 15 is 0 Å². The van der Waals surface area contributed by atoms with Crippen molar-refractivity contribution in [3.05, 3.63) is 48.0 Å². The third-order valence-electron chi connectivity index (χ3n) is 6.04. The van der Waals surface area contributed by atoms with Gasteiger partial charge in [-0.3, -0.25) is 4.79 Å². The van der Waals surface area contributed by atoms with Crippen LogP contribution in [0.25, 0.3) is 0 Å². The van der Waals surface area contributed by atoms with Crippen molar-refractivity contribution in [1.29, 1.82) is 0 Å². The number of hydrogen-bond donors (Lipinski definition) is 2. The summed E-state index contributed by atoms with van der Waals surface area (Å²) in [7, 11) is 0. The van der Waals surface area contributed by atoms with Gasteiger partial charge in [-0.05, 0) is 49.4 Å². The Morgan fingerprint density at radius 2 is 1.74 bits per heavy atom. The van der Waals surface area contributed by atoms with Gasteiger partial charge in [-0.2, -0.15) is 0 Å². The highest BCUT2D eigenvalue weighted by Gasteiger charge is 2.45. The van der Waals surface area contributed by atoms with E-state index in [1.807, 2.05) is 41.3 Å². The Morgan fingerprint density at radius 1 is 0.963 bits per heavy atom. The van der Waals surface area contributed by atoms with Gasteiger partial charge in [0.1, 0.15) is 11.6 Å². The Morgan fingerprint density at radius 3 is 2.48 bits per heavy atom. The number of para-hydroxylation sites is 1. The number of hydrogen-bond acceptors (Lipinski definition) is 5. The van der Waals surface area contributed by atoms with Crippen molar-refractivity contribution in [3.8, 4) is 0 Å². The van der Waals surface area contributed by atoms with Crippen LogP contribution in [0.1, 0.15) is 31.2 Å². The summed E-state index contributed by atoms with van der Waals surface area (Å²) in [5.74, 6) is 1.73. The molecule has 4 rings (SSSR count). The van der Waals surface area contributed by atoms with Gasteiger partial charge in [0.05, 0.1) is 5.41 Å². The first-order chi connectivity index (χ1) is 13.1. The van der Waals surface area contributed by atoms with E-state index in [1.54, 1.807) is 6.07 Å². The van der Waals surface area contributed by atoms with Crippen LogP contribution < -0.4 is 16.4 Å². The minimum absolute atomic E-state index is 0.237. The molecule has 0 bridgehead atoms. The van der Waals surface area contributed by atoms with Crippen LogP contribution in [0.5, 0.6) is 0 Å². The maximum Gasteiger partial charge on any atom is 0.229 e. The molecule has 2 aliphatic rings. The smallest absolute Gasteiger partial charge is 0.229 e. The highest BCUT2D eigenvalue weighted by molar-refractivity contribution is 5.84. The molecule has 6 heteroatoms. The Bertz CT molecular complexity index is 829. The normalized spacial score (nSPS) is 19.5. The van der Waals surface area contributed by atoms with Gasteiger partial charge < -0.3 is 21.3 Å². The summed E-state index contributed by atoms with van der Waals surface area (Å²) in [5, 5.41) is 0. The molecule has 0 unspecified atom stereocenters. The van der Waals surface area contributed by atoms with Crippen molar-refractivity contribution in [2.75, 3.05) is 36.0 Å². The van der Waals surface area contributed by atoms with Gasteiger partial charge in [-0.1, -0.05) is 24.3 Å². The Kier molecular flexibility index (Phi) is 4.64. The molecule has 0 radical (unpaired) electrons. The molecule has 2 fully saturated rings. The van der Waals surface area contributed by atoms with E-state index in [0.717, 1.165) is 62.4 Å². The molecule has 3 heterocycles. The standard InChI is InChI=1S/C21H27N5O/c22-17-6-2-1-5-16(17)15-26-12-4-9-21(20(26)27)10-13-25(14-11-21)19-8-3-7-18(23)24-19/h1-3,5-8H,4,9-15,22H2,(H2,23,24). The number of nitrogens with zero attached hydrogens (tertiary/aromatic N) is 3. The fourth-order valence-corrected chi connectivity index (χ4v) is 4.43. The number of piperidine rings is 2. The molecular formula is C21H27N5O. The molecular weight excluding hydrogens is 338 g/mol. The lowest BCUT2D eigenvalue weighted by Crippen LogP contribution is -2.53. The number of likely N-dealkylation sites (tertiary alicyclic amines) is 1. The topological polar surface area (TPSA) is 88.5 Å². The first kappa shape index (κ1) is 17.6. The first-order valence-electron chi connectivity index (χ1n) is 9.68. The van der Waals surface area contributed by atoms with Crippen molar-refractivity contribution >= 4 is 23.2 Å². The summed E-state index contributed by atoms with van der Waals surface area (Å²) in [5.41, 5.74) is 13.5. The summed E-state index contributed by atoms with van der Waals surface area (Å²) in [4.78, 5) is 22.0. The summed E-state index contributed by atoms with van der Waals surface area (Å²) < 4.78 is 0. The average Bonchev–Trinajstić information content (AvgIpc) is 2.68. The van der Waals surface area contributed by atoms with Crippen LogP contribution in [-0.2, 0) is 11.3 Å². The van der Waals surface area contributed by atoms with Gasteiger partial charge in [-0.15, -0.1) is 0 Å². The predicted molar refractivity (Wildman–Crippen MR) is 108 cm³/mol. The van der Waals surface area contributed by atoms with Crippen LogP contribution >= 0.6 is 0 Å². The van der Waals surface area contributed by atoms with Crippen molar-refractivity contribution in [3.63, 3.8) is 0 Å². The van der Waals surface area contributed by atoms with Crippen LogP contribution in [0.2, 0.25) is 0 Å². The fourth-order valence-electron chi connectivity index (χ4n) is 4.43. The second-order valence-corrected chi connectivity index (χ2v) is 7.72. The lowest BCUT2D eigenvalue weighted by Gasteiger charge is -2.46. The van der Waals surface area contributed by atoms with Crippen LogP contribution in [0.4, 0.5) is 17.3 Å². The molecule has 0 aliphatic carbocycles. The Balaban J connectivity index is 1.46. The van der Waals surface area contributed by atoms with Gasteiger partial charge in [0.2, 0.25) is 5.91 Å². The molecule has 2 aliphatic heterocycles. The molecule has 1 aromatic heterocycles. The highest BCUT2D eigenvalue weighted by Crippen LogP contribution is 2.42. The lowest BCUT2D eigenvalue weighted by atomic mass is 9.71. The minimum atomic E-state index is -0.237. The highest BCUT2D eigenvalue weighted by atomic mass is 16.2. The Hall–Kier alpha value is -2.76. The zero-order valence-electron chi connectivity index (χ0n) is 15.6. The van der Waals surface area contributed by atoms with E-state index in [9.17, 15) is 4.79 Å². The third kappa shape index (κ3) is 3.44. The minimum Gasteiger partial charge on any atom is -0.398 e. The predicted octanol–water partition coefficient (Wildman–Crippen LogP) is 2.66. The molecule has 27 heavy (non-hydrogen) atoms. The monoisotopic (exact) mass is 365 g/mol. The quantitative estimate of drug-likeness (QED) is 0.817. The largest absolute Gasteiger partial charge is 0.398 e. The number of nitrogens with two attached hydrogens (primary N) is 2. The maximum absolute atomic E-state index is 13.3. The van der Waals surface area contributed by atoms with Gasteiger partial charge >= 0.3 is 0 Å². The second kappa shape index (κ2) is 7.10. The molecule has 2 aromatic rings. The number of carbonyl (C=O) groups is 1. The molecule has 4 N–H and O–H groups in total. The van der Waals surface area contributed by atoms with E-state index in [-0.39, 0.29) is 11.3 Å². The van der Waals surface area contributed by atoms with Crippen LogP contribution in [-0.4, -0.2) is 35.4 Å². The van der Waals surface area contributed by atoms with Crippen LogP contribution in [0.3, 0.4) is 0 Å². The van der Waals surface area contributed by atoms with Crippen molar-refractivity contribution < 1.29 is 4.79 Å². The van der Waals surface area contributed by atoms with Gasteiger partial charge in [-0.25, -0.2) is 4.98 Å². The number of rotatable bonds is 3. The van der Waals surface area contributed by atoms with Gasteiger partial charge in [0.25, 0.3) is 0 Å². The summed E-state index contributed by atoms with van der Waals surface area (Å²) >= 11 is 0. The molecule has 6 nitrogen and oxygen atoms in total. The second-order valence-electron chi connectivity index (χ2n) is 7.72. The molecule has 142 valence electrons. The first-order valence-corrected chi connectivity index (χ1v) is 9.68. The zero-order valence-corrected chi connectivity index (χ0v) is 15.6. The molecule has 0 atom stereocenters. The number of aromatic nitrogens is 1. The maximum atomic E-state index is 13.3. The molecule has 2 saturated heterocycles. The lowest BCUT2D eigenvalue weighted by molar-refractivity contribution is -0.148. The summed E-state index contributed by atoms with van der Waals surface area (Å²) in [6.07, 6.45) is 3.76. The number of pyridine rings is 1. The zero-order chi connectivity index (χ0) is 18.9. The van der Waals surface area contributed by atoms with Crippen molar-refractivity contribution in [1.82, 2.24) is 9.88 Å². The third-order valence-corrected chi connectivity index (χ3v) is 6.04. The van der Waals surface area contributed by atoms with E-state index < -0.39 is 0 Å². The number of anilines is 3. The molecule has 1 spiro atoms. The van der Waals surface area contributed by atoms with Crippen LogP contribution in [0.15, 0.2) is 42.5 Å². The molecule has 1 amide bonds. The van der Waals surface area contributed by atoms with Gasteiger partial charge in [0.15, 0.2) is 0 Å². The summed E-state index contributed by atoms with van der Waals surface area (Å²) in [6.45, 7) is 3.09. The average molecular weight is 365 g/mol. The van der Waals surface area contributed by atoms with Crippen LogP contribution in [0, 0.1) is 5.41 Å². The molecule has 0 saturated carbocycles. The SMILES string of the molecule is Nc1cccc(N2CCC3(CCCN(Cc4ccccc4N)C3=O)CC2)n1. The number of nitrogen functional groups attached to an aromatic ring is 2. The molecule has 1 aromatic carbocycles. The van der Waals surface area contributed by atoms with E-state index in [1.165, 1.54) is 0 Å². The number of amides is 1. The summed E-state index contributed by atoms with van der Waals surface area (Å²) in [6, 6.07) is 13.5.